The van der Waals surface area contributed by atoms with Crippen LogP contribution in [0.5, 0.6) is 0 Å². The molecule has 2 aromatic rings. The van der Waals surface area contributed by atoms with Crippen LogP contribution in [-0.4, -0.2) is 11.1 Å². The van der Waals surface area contributed by atoms with E-state index in [9.17, 15) is 4.79 Å². The summed E-state index contributed by atoms with van der Waals surface area (Å²) in [5.74, 6) is -0.435. The molecule has 0 atom stereocenters. The van der Waals surface area contributed by atoms with Crippen LogP contribution in [0.2, 0.25) is 5.02 Å². The SMILES string of the molecule is Cc1cc(CNCc2cccc(Cl)c2)oc1C(=O)O. The molecule has 0 spiro atoms. The zero-order valence-electron chi connectivity index (χ0n) is 10.4. The van der Waals surface area contributed by atoms with Crippen molar-refractivity contribution < 1.29 is 14.3 Å². The third kappa shape index (κ3) is 3.59. The fourth-order valence-electron chi connectivity index (χ4n) is 1.82. The Labute approximate surface area is 116 Å². The van der Waals surface area contributed by atoms with Crippen LogP contribution >= 0.6 is 11.6 Å². The minimum atomic E-state index is -1.04. The predicted octanol–water partition coefficient (Wildman–Crippen LogP) is 3.23. The van der Waals surface area contributed by atoms with Gasteiger partial charge in [-0.2, -0.15) is 0 Å². The second kappa shape index (κ2) is 5.91. The number of aromatic carboxylic acids is 1. The molecule has 1 heterocycles. The van der Waals surface area contributed by atoms with E-state index in [1.165, 1.54) is 0 Å². The summed E-state index contributed by atoms with van der Waals surface area (Å²) in [6, 6.07) is 9.28. The van der Waals surface area contributed by atoms with E-state index in [1.54, 1.807) is 13.0 Å². The minimum absolute atomic E-state index is 0.000412. The highest BCUT2D eigenvalue weighted by molar-refractivity contribution is 6.30. The van der Waals surface area contributed by atoms with E-state index in [1.807, 2.05) is 24.3 Å². The van der Waals surface area contributed by atoms with Crippen LogP contribution in [0.15, 0.2) is 34.7 Å². The summed E-state index contributed by atoms with van der Waals surface area (Å²) < 4.78 is 5.25. The molecular weight excluding hydrogens is 266 g/mol. The number of aryl methyl sites for hydroxylation is 1. The standard InChI is InChI=1S/C14H14ClNO3/c1-9-5-12(19-13(9)14(17)18)8-16-7-10-3-2-4-11(15)6-10/h2-6,16H,7-8H2,1H3,(H,17,18). The Bertz CT molecular complexity index is 592. The van der Waals surface area contributed by atoms with Crippen LogP contribution in [0.4, 0.5) is 0 Å². The molecule has 0 aliphatic rings. The van der Waals surface area contributed by atoms with Crippen molar-refractivity contribution in [1.29, 1.82) is 0 Å². The van der Waals surface area contributed by atoms with Crippen molar-refractivity contribution in [3.63, 3.8) is 0 Å². The van der Waals surface area contributed by atoms with Crippen LogP contribution < -0.4 is 5.32 Å². The van der Waals surface area contributed by atoms with Crippen molar-refractivity contribution in [2.45, 2.75) is 20.0 Å². The number of nitrogens with one attached hydrogen (secondary N) is 1. The third-order valence-corrected chi connectivity index (χ3v) is 2.92. The number of carbonyl (C=O) groups is 1. The van der Waals surface area contributed by atoms with Crippen molar-refractivity contribution in [2.75, 3.05) is 0 Å². The Kier molecular flexibility index (Phi) is 4.24. The van der Waals surface area contributed by atoms with Gasteiger partial charge in [0.1, 0.15) is 5.76 Å². The molecule has 19 heavy (non-hydrogen) atoms. The number of benzene rings is 1. The van der Waals surface area contributed by atoms with E-state index in [2.05, 4.69) is 5.32 Å². The van der Waals surface area contributed by atoms with Gasteiger partial charge in [0.05, 0.1) is 6.54 Å². The summed E-state index contributed by atoms with van der Waals surface area (Å²) in [4.78, 5) is 10.8. The van der Waals surface area contributed by atoms with E-state index in [4.69, 9.17) is 21.1 Å². The summed E-state index contributed by atoms with van der Waals surface area (Å²) in [7, 11) is 0. The first-order valence-corrected chi connectivity index (χ1v) is 6.22. The smallest absolute Gasteiger partial charge is 0.372 e. The van der Waals surface area contributed by atoms with Crippen molar-refractivity contribution in [1.82, 2.24) is 5.32 Å². The summed E-state index contributed by atoms with van der Waals surface area (Å²) in [5, 5.41) is 12.8. The van der Waals surface area contributed by atoms with Gasteiger partial charge in [0.2, 0.25) is 5.76 Å². The van der Waals surface area contributed by atoms with Crippen LogP contribution in [0, 0.1) is 6.92 Å². The zero-order valence-corrected chi connectivity index (χ0v) is 11.2. The van der Waals surface area contributed by atoms with Crippen molar-refractivity contribution in [2.24, 2.45) is 0 Å². The Morgan fingerprint density at radius 3 is 2.79 bits per heavy atom. The van der Waals surface area contributed by atoms with Gasteiger partial charge in [-0.25, -0.2) is 4.79 Å². The van der Waals surface area contributed by atoms with Gasteiger partial charge in [-0.15, -0.1) is 0 Å². The van der Waals surface area contributed by atoms with Gasteiger partial charge in [-0.3, -0.25) is 0 Å². The van der Waals surface area contributed by atoms with Gasteiger partial charge in [-0.05, 0) is 30.7 Å². The molecular formula is C14H14ClNO3. The molecule has 1 aromatic carbocycles. The van der Waals surface area contributed by atoms with Crippen molar-refractivity contribution in [3.8, 4) is 0 Å². The van der Waals surface area contributed by atoms with Crippen LogP contribution in [0.3, 0.4) is 0 Å². The average molecular weight is 280 g/mol. The lowest BCUT2D eigenvalue weighted by Gasteiger charge is -2.03. The van der Waals surface area contributed by atoms with E-state index in [-0.39, 0.29) is 5.76 Å². The average Bonchev–Trinajstić information content (AvgIpc) is 2.71. The monoisotopic (exact) mass is 279 g/mol. The van der Waals surface area contributed by atoms with E-state index >= 15 is 0 Å². The molecule has 0 bridgehead atoms. The van der Waals surface area contributed by atoms with E-state index in [0.717, 1.165) is 5.56 Å². The first-order chi connectivity index (χ1) is 9.06. The molecule has 2 N–H and O–H groups in total. The molecule has 2 rings (SSSR count). The number of halogens is 1. The zero-order chi connectivity index (χ0) is 13.8. The third-order valence-electron chi connectivity index (χ3n) is 2.68. The highest BCUT2D eigenvalue weighted by Crippen LogP contribution is 2.15. The number of carboxylic acid groups (broad SMARTS) is 1. The summed E-state index contributed by atoms with van der Waals surface area (Å²) >= 11 is 5.89. The molecule has 0 saturated heterocycles. The number of rotatable bonds is 5. The lowest BCUT2D eigenvalue weighted by Crippen LogP contribution is -2.12. The second-order valence-electron chi connectivity index (χ2n) is 4.26. The Morgan fingerprint density at radius 2 is 2.16 bits per heavy atom. The van der Waals surface area contributed by atoms with Gasteiger partial charge in [0.25, 0.3) is 0 Å². The largest absolute Gasteiger partial charge is 0.475 e. The van der Waals surface area contributed by atoms with Gasteiger partial charge < -0.3 is 14.8 Å². The Balaban J connectivity index is 1.92. The predicted molar refractivity (Wildman–Crippen MR) is 72.4 cm³/mol. The van der Waals surface area contributed by atoms with Gasteiger partial charge >= 0.3 is 5.97 Å². The van der Waals surface area contributed by atoms with Gasteiger partial charge in [-0.1, -0.05) is 23.7 Å². The molecule has 0 amide bonds. The number of furan rings is 1. The molecule has 5 heteroatoms. The molecule has 1 aromatic heterocycles. The Hall–Kier alpha value is -1.78. The lowest BCUT2D eigenvalue weighted by molar-refractivity contribution is 0.0659. The molecule has 0 fully saturated rings. The van der Waals surface area contributed by atoms with E-state index in [0.29, 0.717) is 29.4 Å². The first kappa shape index (κ1) is 13.6. The van der Waals surface area contributed by atoms with Crippen molar-refractivity contribution >= 4 is 17.6 Å². The topological polar surface area (TPSA) is 62.5 Å². The van der Waals surface area contributed by atoms with Crippen LogP contribution in [0.1, 0.15) is 27.4 Å². The highest BCUT2D eigenvalue weighted by atomic mass is 35.5. The highest BCUT2D eigenvalue weighted by Gasteiger charge is 2.13. The normalized spacial score (nSPS) is 10.6. The van der Waals surface area contributed by atoms with Crippen molar-refractivity contribution in [3.05, 3.63) is 58.0 Å². The summed E-state index contributed by atoms with van der Waals surface area (Å²) in [6.07, 6.45) is 0. The molecule has 0 unspecified atom stereocenters. The van der Waals surface area contributed by atoms with Gasteiger partial charge in [0, 0.05) is 17.1 Å². The fraction of sp³-hybridized carbons (Fsp3) is 0.214. The maximum atomic E-state index is 10.8. The molecule has 4 nitrogen and oxygen atoms in total. The van der Waals surface area contributed by atoms with Crippen LogP contribution in [0.25, 0.3) is 0 Å². The first-order valence-electron chi connectivity index (χ1n) is 5.84. The van der Waals surface area contributed by atoms with E-state index < -0.39 is 5.97 Å². The quantitative estimate of drug-likeness (QED) is 0.882. The molecule has 0 aliphatic heterocycles. The second-order valence-corrected chi connectivity index (χ2v) is 4.70. The van der Waals surface area contributed by atoms with Gasteiger partial charge in [0.15, 0.2) is 0 Å². The minimum Gasteiger partial charge on any atom is -0.475 e. The Morgan fingerprint density at radius 1 is 1.37 bits per heavy atom. The maximum absolute atomic E-state index is 10.8. The molecule has 100 valence electrons. The molecule has 0 aliphatic carbocycles. The number of hydrogen-bond acceptors (Lipinski definition) is 3. The van der Waals surface area contributed by atoms with Crippen LogP contribution in [-0.2, 0) is 13.1 Å². The summed E-state index contributed by atoms with van der Waals surface area (Å²) in [5.41, 5.74) is 1.70. The molecule has 0 radical (unpaired) electrons. The summed E-state index contributed by atoms with van der Waals surface area (Å²) in [6.45, 7) is 2.83. The maximum Gasteiger partial charge on any atom is 0.372 e. The fourth-order valence-corrected chi connectivity index (χ4v) is 2.04. The lowest BCUT2D eigenvalue weighted by atomic mass is 10.2. The number of carboxylic acids is 1. The number of hydrogen-bond donors (Lipinski definition) is 2. The molecule has 0 saturated carbocycles.